The molecule has 2 rings (SSSR count). The molecule has 2 aliphatic carbocycles. The van der Waals surface area contributed by atoms with Crippen molar-refractivity contribution in [1.82, 2.24) is 0 Å². The van der Waals surface area contributed by atoms with Crippen LogP contribution in [0.2, 0.25) is 0 Å². The summed E-state index contributed by atoms with van der Waals surface area (Å²) in [6, 6.07) is 0. The molecule has 0 fully saturated rings. The fourth-order valence-corrected chi connectivity index (χ4v) is 1.50. The maximum atomic E-state index is 10.8. The van der Waals surface area contributed by atoms with Crippen LogP contribution in [0, 0.1) is 0 Å². The predicted octanol–water partition coefficient (Wildman–Crippen LogP) is 1.27. The number of ether oxygens (including phenoxy) is 1. The largest absolute Gasteiger partial charge is 0.461 e. The summed E-state index contributed by atoms with van der Waals surface area (Å²) in [5.74, 6) is 3.50. The van der Waals surface area contributed by atoms with Crippen molar-refractivity contribution in [2.45, 2.75) is 20.3 Å². The summed E-state index contributed by atoms with van der Waals surface area (Å²) in [5.41, 5.74) is 2.58. The van der Waals surface area contributed by atoms with Gasteiger partial charge in [0, 0.05) is 6.92 Å². The second kappa shape index (κ2) is 6.54. The maximum Gasteiger partial charge on any atom is 0.362 e. The minimum absolute atomic E-state index is 0.200. The van der Waals surface area contributed by atoms with Crippen LogP contribution in [0.4, 0.5) is 0 Å². The molecule has 5 nitrogen and oxygen atoms in total. The molecule has 0 aromatic carbocycles. The molecular weight excluding hydrogens is 232 g/mol. The van der Waals surface area contributed by atoms with Crippen molar-refractivity contribution in [3.8, 4) is 0 Å². The topological polar surface area (TPSA) is 81.8 Å². The first-order chi connectivity index (χ1) is 8.58. The van der Waals surface area contributed by atoms with Crippen molar-refractivity contribution in [3.05, 3.63) is 35.5 Å². The van der Waals surface area contributed by atoms with E-state index < -0.39 is 11.8 Å². The second-order valence-electron chi connectivity index (χ2n) is 3.75. The number of fused-ring (bicyclic) bond motifs is 2. The molecule has 0 aromatic rings. The molecular formula is C13H16N2O3. The van der Waals surface area contributed by atoms with Gasteiger partial charge in [-0.2, -0.15) is 5.10 Å². The van der Waals surface area contributed by atoms with E-state index in [1.807, 2.05) is 0 Å². The fourth-order valence-electron chi connectivity index (χ4n) is 1.50. The van der Waals surface area contributed by atoms with Gasteiger partial charge in [-0.1, -0.05) is 24.3 Å². The van der Waals surface area contributed by atoms with Gasteiger partial charge in [0.05, 0.1) is 6.61 Å². The third kappa shape index (κ3) is 3.69. The minimum Gasteiger partial charge on any atom is -0.461 e. The van der Waals surface area contributed by atoms with Gasteiger partial charge in [0.25, 0.3) is 0 Å². The van der Waals surface area contributed by atoms with E-state index in [9.17, 15) is 9.59 Å². The van der Waals surface area contributed by atoms with Crippen LogP contribution in [0.3, 0.4) is 0 Å². The number of hydrogen-bond acceptors (Lipinski definition) is 5. The SMILES string of the molecule is C1=CC2=CC=C1C2.CCOC(=O)C(=NN)C(C)=O. The lowest BCUT2D eigenvalue weighted by atomic mass is 10.3. The number of esters is 1. The van der Waals surface area contributed by atoms with E-state index in [-0.39, 0.29) is 12.3 Å². The number of Topliss-reactive ketones (excluding diaryl/α,β-unsaturated/α-hetero) is 1. The molecule has 0 radical (unpaired) electrons. The molecule has 0 saturated carbocycles. The number of hydrazone groups is 1. The highest BCUT2D eigenvalue weighted by Gasteiger charge is 2.16. The quantitative estimate of drug-likeness (QED) is 0.268. The second-order valence-corrected chi connectivity index (χ2v) is 3.75. The molecule has 0 spiro atoms. The number of carbonyl (C=O) groups excluding carboxylic acids is 2. The summed E-state index contributed by atoms with van der Waals surface area (Å²) >= 11 is 0. The highest BCUT2D eigenvalue weighted by Crippen LogP contribution is 2.27. The Balaban J connectivity index is 0.000000194. The summed E-state index contributed by atoms with van der Waals surface area (Å²) < 4.78 is 4.49. The van der Waals surface area contributed by atoms with Crippen LogP contribution in [0.25, 0.3) is 0 Å². The third-order valence-corrected chi connectivity index (χ3v) is 2.36. The van der Waals surface area contributed by atoms with Gasteiger partial charge in [0.1, 0.15) is 0 Å². The van der Waals surface area contributed by atoms with E-state index in [0.29, 0.717) is 0 Å². The predicted molar refractivity (Wildman–Crippen MR) is 68.9 cm³/mol. The standard InChI is InChI=1S/C7H6.C6H10N2O3/c1-2-7-4-3-6(1)5-7;1-3-11-6(10)5(8-7)4(2)9/h1-4H,5H2;3,7H2,1-2H3. The maximum absolute atomic E-state index is 10.8. The summed E-state index contributed by atoms with van der Waals surface area (Å²) in [6.07, 6.45) is 9.90. The number of carbonyl (C=O) groups is 2. The zero-order valence-corrected chi connectivity index (χ0v) is 10.5. The molecule has 0 atom stereocenters. The van der Waals surface area contributed by atoms with Crippen LogP contribution >= 0.6 is 0 Å². The van der Waals surface area contributed by atoms with E-state index in [0.717, 1.165) is 0 Å². The lowest BCUT2D eigenvalue weighted by Crippen LogP contribution is -2.25. The fraction of sp³-hybridized carbons (Fsp3) is 0.308. The van der Waals surface area contributed by atoms with Gasteiger partial charge in [-0.25, -0.2) is 4.79 Å². The Bertz CT molecular complexity index is 451. The van der Waals surface area contributed by atoms with Gasteiger partial charge < -0.3 is 10.6 Å². The zero-order valence-electron chi connectivity index (χ0n) is 10.5. The lowest BCUT2D eigenvalue weighted by Gasteiger charge is -1.99. The molecule has 0 saturated heterocycles. The zero-order chi connectivity index (χ0) is 13.5. The molecule has 0 amide bonds. The van der Waals surface area contributed by atoms with Crippen molar-refractivity contribution in [2.24, 2.45) is 10.9 Å². The van der Waals surface area contributed by atoms with Crippen LogP contribution in [-0.4, -0.2) is 24.1 Å². The van der Waals surface area contributed by atoms with Crippen molar-refractivity contribution < 1.29 is 14.3 Å². The van der Waals surface area contributed by atoms with Gasteiger partial charge in [0.2, 0.25) is 5.71 Å². The van der Waals surface area contributed by atoms with Gasteiger partial charge >= 0.3 is 5.97 Å². The molecule has 0 heterocycles. The van der Waals surface area contributed by atoms with Crippen molar-refractivity contribution in [2.75, 3.05) is 6.61 Å². The van der Waals surface area contributed by atoms with Gasteiger partial charge in [0.15, 0.2) is 5.78 Å². The molecule has 2 bridgehead atoms. The highest BCUT2D eigenvalue weighted by atomic mass is 16.5. The average Bonchev–Trinajstić information content (AvgIpc) is 2.94. The van der Waals surface area contributed by atoms with E-state index in [1.165, 1.54) is 24.5 Å². The molecule has 5 heteroatoms. The summed E-state index contributed by atoms with van der Waals surface area (Å²) in [7, 11) is 0. The first-order valence-electron chi connectivity index (χ1n) is 5.62. The molecule has 2 aliphatic rings. The summed E-state index contributed by atoms with van der Waals surface area (Å²) in [4.78, 5) is 21.3. The van der Waals surface area contributed by atoms with Gasteiger partial charge in [-0.15, -0.1) is 0 Å². The molecule has 0 aromatic heterocycles. The number of rotatable bonds is 3. The van der Waals surface area contributed by atoms with E-state index in [4.69, 9.17) is 5.84 Å². The van der Waals surface area contributed by atoms with E-state index in [1.54, 1.807) is 6.92 Å². The van der Waals surface area contributed by atoms with Crippen LogP contribution < -0.4 is 5.84 Å². The van der Waals surface area contributed by atoms with Crippen molar-refractivity contribution >= 4 is 17.5 Å². The number of nitrogens with zero attached hydrogens (tertiary/aromatic N) is 1. The number of allylic oxidation sites excluding steroid dienone is 6. The average molecular weight is 248 g/mol. The smallest absolute Gasteiger partial charge is 0.362 e. The Kier molecular flexibility index (Phi) is 5.05. The number of hydrogen-bond donors (Lipinski definition) is 1. The normalized spacial score (nSPS) is 15.6. The van der Waals surface area contributed by atoms with Crippen LogP contribution in [0.15, 0.2) is 40.6 Å². The minimum atomic E-state index is -0.775. The van der Waals surface area contributed by atoms with Crippen molar-refractivity contribution in [1.29, 1.82) is 0 Å². The summed E-state index contributed by atoms with van der Waals surface area (Å²) in [5, 5.41) is 3.00. The molecule has 0 aliphatic heterocycles. The molecule has 96 valence electrons. The first kappa shape index (κ1) is 13.9. The Morgan fingerprint density at radius 1 is 1.33 bits per heavy atom. The van der Waals surface area contributed by atoms with Crippen LogP contribution in [0.1, 0.15) is 20.3 Å². The Hall–Kier alpha value is -2.17. The molecule has 0 unspecified atom stereocenters. The third-order valence-electron chi connectivity index (χ3n) is 2.36. The Labute approximate surface area is 106 Å². The lowest BCUT2D eigenvalue weighted by molar-refractivity contribution is -0.135. The number of nitrogens with two attached hydrogens (primary N) is 1. The van der Waals surface area contributed by atoms with Crippen molar-refractivity contribution in [3.63, 3.8) is 0 Å². The monoisotopic (exact) mass is 248 g/mol. The van der Waals surface area contributed by atoms with Gasteiger partial charge in [-0.05, 0) is 24.5 Å². The Morgan fingerprint density at radius 2 is 1.89 bits per heavy atom. The van der Waals surface area contributed by atoms with Crippen LogP contribution in [0.5, 0.6) is 0 Å². The molecule has 2 N–H and O–H groups in total. The molecule has 18 heavy (non-hydrogen) atoms. The summed E-state index contributed by atoms with van der Waals surface area (Å²) in [6.45, 7) is 3.03. The number of ketones is 1. The highest BCUT2D eigenvalue weighted by molar-refractivity contribution is 6.63. The van der Waals surface area contributed by atoms with E-state index >= 15 is 0 Å². The van der Waals surface area contributed by atoms with Gasteiger partial charge in [-0.3, -0.25) is 4.79 Å². The Morgan fingerprint density at radius 3 is 2.11 bits per heavy atom. The van der Waals surface area contributed by atoms with Crippen LogP contribution in [-0.2, 0) is 14.3 Å². The first-order valence-corrected chi connectivity index (χ1v) is 5.62. The van der Waals surface area contributed by atoms with E-state index in [2.05, 4.69) is 34.1 Å².